The first kappa shape index (κ1) is 47.1. The van der Waals surface area contributed by atoms with Crippen molar-refractivity contribution in [3.05, 3.63) is 12.2 Å². The van der Waals surface area contributed by atoms with Gasteiger partial charge in [0.15, 0.2) is 6.61 Å². The summed E-state index contributed by atoms with van der Waals surface area (Å²) in [5.74, 6) is 0.696. The molecule has 7 saturated carbocycles. The number of hydrogen-bond acceptors (Lipinski definition) is 12. The van der Waals surface area contributed by atoms with Gasteiger partial charge in [0.1, 0.15) is 17.3 Å². The predicted octanol–water partition coefficient (Wildman–Crippen LogP) is 8.89. The van der Waals surface area contributed by atoms with Crippen molar-refractivity contribution in [1.82, 2.24) is 0 Å². The average molecular weight is 893 g/mol. The standard InChI is InChI=1S/C52H76O12/c1-29-33-12-13-35(23-33)39(29)25-50(7,47(58)64-52(9)36-18-31-16-32(20-36)21-37(52)19-31)28-51(8,46(57)62-40-14-15-59-44(40)55)27-49(5,6)45(56)60-26-43(54)61-41(24-42(53)63-48(2,3)4)38-22-30-10-11-34(38)17-30/h10-11,29-41H,12-28H2,1-9H3. The summed E-state index contributed by atoms with van der Waals surface area (Å²) in [5.41, 5.74) is -5.27. The fourth-order valence-corrected chi connectivity index (χ4v) is 15.0. The van der Waals surface area contributed by atoms with Gasteiger partial charge < -0.3 is 28.4 Å². The molecule has 1 saturated heterocycles. The molecule has 8 bridgehead atoms. The van der Waals surface area contributed by atoms with Gasteiger partial charge in [0.25, 0.3) is 0 Å². The van der Waals surface area contributed by atoms with E-state index in [1.54, 1.807) is 41.5 Å². The zero-order valence-corrected chi connectivity index (χ0v) is 40.1. The molecule has 0 amide bonds. The minimum Gasteiger partial charge on any atom is -0.463 e. The molecule has 1 aliphatic heterocycles. The molecule has 12 heteroatoms. The van der Waals surface area contributed by atoms with Crippen LogP contribution in [0, 0.1) is 81.3 Å². The fraction of sp³-hybridized carbons (Fsp3) is 0.846. The molecule has 0 spiro atoms. The lowest BCUT2D eigenvalue weighted by Gasteiger charge is -2.59. The third kappa shape index (κ3) is 9.55. The van der Waals surface area contributed by atoms with Gasteiger partial charge in [0, 0.05) is 12.3 Å². The molecular formula is C52H76O12. The van der Waals surface area contributed by atoms with E-state index in [9.17, 15) is 24.0 Å². The van der Waals surface area contributed by atoms with Crippen LogP contribution in [-0.2, 0) is 57.2 Å². The van der Waals surface area contributed by atoms with Crippen LogP contribution in [0.2, 0.25) is 0 Å². The highest BCUT2D eigenvalue weighted by Crippen LogP contribution is 2.62. The number of carbonyl (C=O) groups excluding carboxylic acids is 6. The van der Waals surface area contributed by atoms with Crippen LogP contribution in [0.5, 0.6) is 0 Å². The Morgan fingerprint density at radius 2 is 1.44 bits per heavy atom. The van der Waals surface area contributed by atoms with Gasteiger partial charge in [0.05, 0.1) is 29.3 Å². The topological polar surface area (TPSA) is 158 Å². The van der Waals surface area contributed by atoms with Crippen LogP contribution < -0.4 is 0 Å². The zero-order valence-electron chi connectivity index (χ0n) is 40.1. The summed E-state index contributed by atoms with van der Waals surface area (Å²) < 4.78 is 35.3. The van der Waals surface area contributed by atoms with E-state index in [4.69, 9.17) is 28.4 Å². The van der Waals surface area contributed by atoms with E-state index in [-0.39, 0.29) is 56.0 Å². The van der Waals surface area contributed by atoms with Gasteiger partial charge in [-0.25, -0.2) is 9.59 Å². The number of ether oxygens (including phenoxy) is 6. The number of allylic oxidation sites excluding steroid dienone is 2. The number of fused-ring (bicyclic) bond motifs is 4. The summed E-state index contributed by atoms with van der Waals surface area (Å²) in [4.78, 5) is 83.3. The molecule has 9 aliphatic rings. The van der Waals surface area contributed by atoms with Gasteiger partial charge in [-0.3, -0.25) is 19.2 Å². The first-order chi connectivity index (χ1) is 29.9. The van der Waals surface area contributed by atoms with Crippen LogP contribution in [0.4, 0.5) is 0 Å². The maximum absolute atomic E-state index is 15.3. The second-order valence-corrected chi connectivity index (χ2v) is 24.5. The molecule has 356 valence electrons. The van der Waals surface area contributed by atoms with E-state index in [0.29, 0.717) is 53.8 Å². The molecule has 12 nitrogen and oxygen atoms in total. The predicted molar refractivity (Wildman–Crippen MR) is 234 cm³/mol. The van der Waals surface area contributed by atoms with E-state index in [1.165, 1.54) is 12.8 Å². The normalized spacial score (nSPS) is 38.0. The van der Waals surface area contributed by atoms with E-state index in [0.717, 1.165) is 51.4 Å². The molecule has 0 aromatic carbocycles. The van der Waals surface area contributed by atoms with Crippen molar-refractivity contribution >= 4 is 35.8 Å². The molecule has 1 heterocycles. The smallest absolute Gasteiger partial charge is 0.347 e. The van der Waals surface area contributed by atoms with E-state index < -0.39 is 76.1 Å². The zero-order chi connectivity index (χ0) is 46.1. The van der Waals surface area contributed by atoms with Crippen molar-refractivity contribution in [2.75, 3.05) is 13.2 Å². The molecule has 0 aromatic heterocycles. The second-order valence-electron chi connectivity index (χ2n) is 24.5. The maximum Gasteiger partial charge on any atom is 0.347 e. The Bertz CT molecular complexity index is 1850. The fourth-order valence-electron chi connectivity index (χ4n) is 15.0. The molecule has 0 radical (unpaired) electrons. The molecule has 8 fully saturated rings. The molecule has 64 heavy (non-hydrogen) atoms. The summed E-state index contributed by atoms with van der Waals surface area (Å²) in [5, 5.41) is 0. The van der Waals surface area contributed by atoms with Crippen LogP contribution in [0.15, 0.2) is 12.2 Å². The second kappa shape index (κ2) is 17.3. The first-order valence-electron chi connectivity index (χ1n) is 24.8. The van der Waals surface area contributed by atoms with Crippen molar-refractivity contribution in [1.29, 1.82) is 0 Å². The van der Waals surface area contributed by atoms with E-state index in [2.05, 4.69) is 26.0 Å². The molecule has 0 aromatic rings. The number of esters is 6. The summed E-state index contributed by atoms with van der Waals surface area (Å²) in [6.45, 7) is 16.3. The van der Waals surface area contributed by atoms with Gasteiger partial charge in [-0.2, -0.15) is 0 Å². The Morgan fingerprint density at radius 3 is 2.00 bits per heavy atom. The quantitative estimate of drug-likeness (QED) is 0.0777. The molecular weight excluding hydrogens is 817 g/mol. The number of rotatable bonds is 17. The first-order valence-corrected chi connectivity index (χ1v) is 24.8. The average Bonchev–Trinajstić information content (AvgIpc) is 4.05. The van der Waals surface area contributed by atoms with Crippen LogP contribution >= 0.6 is 0 Å². The summed E-state index contributed by atoms with van der Waals surface area (Å²) in [6.07, 6.45) is 13.8. The van der Waals surface area contributed by atoms with E-state index >= 15 is 4.79 Å². The molecule has 11 atom stereocenters. The van der Waals surface area contributed by atoms with Gasteiger partial charge in [-0.1, -0.05) is 19.1 Å². The minimum atomic E-state index is -1.47. The third-order valence-corrected chi connectivity index (χ3v) is 17.8. The lowest BCUT2D eigenvalue weighted by Crippen LogP contribution is -2.59. The maximum atomic E-state index is 15.3. The molecule has 0 N–H and O–H groups in total. The molecule has 11 unspecified atom stereocenters. The monoisotopic (exact) mass is 893 g/mol. The summed E-state index contributed by atoms with van der Waals surface area (Å²) in [7, 11) is 0. The number of carbonyl (C=O) groups is 6. The number of hydrogen-bond donors (Lipinski definition) is 0. The van der Waals surface area contributed by atoms with Crippen LogP contribution in [0.1, 0.15) is 159 Å². The molecule has 8 aliphatic carbocycles. The SMILES string of the molecule is CC1C2CCC(C2)C1CC(C)(CC(C)(CC(C)(C)C(=O)OCC(=O)OC(CC(=O)OC(C)(C)C)C1CC2C=CC1C2)C(=O)OC1CCOC1=O)C(=O)OC1(C)C2CC3CC(C2)CC1C3. The van der Waals surface area contributed by atoms with Gasteiger partial charge >= 0.3 is 35.8 Å². The third-order valence-electron chi connectivity index (χ3n) is 17.8. The van der Waals surface area contributed by atoms with Gasteiger partial charge in [-0.05, 0) is 198 Å². The van der Waals surface area contributed by atoms with Crippen molar-refractivity contribution in [2.24, 2.45) is 81.3 Å². The Morgan fingerprint density at radius 1 is 0.766 bits per heavy atom. The van der Waals surface area contributed by atoms with Gasteiger partial charge in [-0.15, -0.1) is 0 Å². The Hall–Kier alpha value is -3.44. The Balaban J connectivity index is 1.01. The van der Waals surface area contributed by atoms with Crippen molar-refractivity contribution < 1.29 is 57.2 Å². The lowest BCUT2D eigenvalue weighted by molar-refractivity contribution is -0.215. The highest BCUT2D eigenvalue weighted by atomic mass is 16.6. The van der Waals surface area contributed by atoms with Crippen molar-refractivity contribution in [2.45, 2.75) is 182 Å². The molecule has 9 rings (SSSR count). The number of cyclic esters (lactones) is 1. The van der Waals surface area contributed by atoms with Gasteiger partial charge in [0.2, 0.25) is 6.10 Å². The Labute approximate surface area is 380 Å². The van der Waals surface area contributed by atoms with Crippen LogP contribution in [0.25, 0.3) is 0 Å². The lowest BCUT2D eigenvalue weighted by atomic mass is 9.50. The van der Waals surface area contributed by atoms with Crippen LogP contribution in [-0.4, -0.2) is 72.4 Å². The highest BCUT2D eigenvalue weighted by Gasteiger charge is 2.60. The van der Waals surface area contributed by atoms with E-state index in [1.807, 2.05) is 6.92 Å². The highest BCUT2D eigenvalue weighted by molar-refractivity contribution is 5.86. The van der Waals surface area contributed by atoms with Crippen LogP contribution in [0.3, 0.4) is 0 Å². The Kier molecular flexibility index (Phi) is 12.7. The summed E-state index contributed by atoms with van der Waals surface area (Å²) >= 11 is 0. The van der Waals surface area contributed by atoms with Crippen molar-refractivity contribution in [3.63, 3.8) is 0 Å². The van der Waals surface area contributed by atoms with Crippen molar-refractivity contribution in [3.8, 4) is 0 Å². The minimum absolute atomic E-state index is 0.0276. The summed E-state index contributed by atoms with van der Waals surface area (Å²) in [6, 6.07) is 0. The largest absolute Gasteiger partial charge is 0.463 e.